The fraction of sp³-hybridized carbons (Fsp3) is 0.538. The van der Waals surface area contributed by atoms with Gasteiger partial charge in [-0.1, -0.05) is 6.92 Å². The topological polar surface area (TPSA) is 69.6 Å². The monoisotopic (exact) mass is 282 g/mol. The minimum absolute atomic E-state index is 0.149. The van der Waals surface area contributed by atoms with E-state index in [9.17, 15) is 9.59 Å². The Morgan fingerprint density at radius 3 is 2.84 bits per heavy atom. The van der Waals surface area contributed by atoms with Crippen LogP contribution in [0, 0.1) is 5.92 Å². The second-order valence-electron chi connectivity index (χ2n) is 5.07. The normalized spacial score (nSPS) is 23.2. The van der Waals surface area contributed by atoms with Crippen molar-refractivity contribution in [3.05, 3.63) is 17.0 Å². The van der Waals surface area contributed by atoms with Gasteiger partial charge in [0.15, 0.2) is 0 Å². The molecule has 0 aliphatic carbocycles. The summed E-state index contributed by atoms with van der Waals surface area (Å²) in [7, 11) is 0. The average Bonchev–Trinajstić information content (AvgIpc) is 2.76. The van der Waals surface area contributed by atoms with Crippen molar-refractivity contribution in [3.63, 3.8) is 0 Å². The molecule has 1 aliphatic rings. The zero-order valence-electron chi connectivity index (χ0n) is 11.0. The van der Waals surface area contributed by atoms with Crippen LogP contribution >= 0.6 is 11.3 Å². The highest BCUT2D eigenvalue weighted by molar-refractivity contribution is 7.14. The van der Waals surface area contributed by atoms with Gasteiger partial charge in [-0.3, -0.25) is 5.32 Å². The molecule has 0 aromatic carbocycles. The van der Waals surface area contributed by atoms with Crippen molar-refractivity contribution in [1.29, 1.82) is 0 Å². The van der Waals surface area contributed by atoms with Crippen LogP contribution in [0.2, 0.25) is 0 Å². The predicted molar refractivity (Wildman–Crippen MR) is 74.9 cm³/mol. The second-order valence-corrected chi connectivity index (χ2v) is 5.99. The Labute approximate surface area is 116 Å². The molecule has 2 amide bonds. The molecule has 2 atom stereocenters. The standard InChI is InChI=1S/C13H18N2O3S/c1-8-3-5-15(9(2)7-8)13(18)14-11-10(12(16)17)4-6-19-11/h4,6,8-9H,3,5,7H2,1-2H3,(H,14,18)(H,16,17). The van der Waals surface area contributed by atoms with Gasteiger partial charge in [0.05, 0.1) is 5.56 Å². The number of carbonyl (C=O) groups is 2. The molecule has 1 aliphatic heterocycles. The van der Waals surface area contributed by atoms with E-state index in [1.807, 2.05) is 6.92 Å². The summed E-state index contributed by atoms with van der Waals surface area (Å²) in [5.74, 6) is -0.382. The van der Waals surface area contributed by atoms with Gasteiger partial charge < -0.3 is 10.0 Å². The van der Waals surface area contributed by atoms with E-state index in [1.54, 1.807) is 10.3 Å². The zero-order valence-corrected chi connectivity index (χ0v) is 11.9. The minimum atomic E-state index is -1.02. The molecule has 0 bridgehead atoms. The molecule has 2 heterocycles. The molecule has 2 rings (SSSR count). The molecule has 0 saturated carbocycles. The predicted octanol–water partition coefficient (Wildman–Crippen LogP) is 3.10. The summed E-state index contributed by atoms with van der Waals surface area (Å²) in [4.78, 5) is 25.0. The van der Waals surface area contributed by atoms with Gasteiger partial charge in [0.1, 0.15) is 5.00 Å². The number of aromatic carboxylic acids is 1. The van der Waals surface area contributed by atoms with Crippen LogP contribution in [-0.4, -0.2) is 34.6 Å². The van der Waals surface area contributed by atoms with Crippen molar-refractivity contribution in [1.82, 2.24) is 4.90 Å². The third kappa shape index (κ3) is 3.07. The number of anilines is 1. The van der Waals surface area contributed by atoms with E-state index in [-0.39, 0.29) is 17.6 Å². The Bertz CT molecular complexity index is 486. The summed E-state index contributed by atoms with van der Waals surface area (Å²) in [6.07, 6.45) is 1.98. The highest BCUT2D eigenvalue weighted by atomic mass is 32.1. The van der Waals surface area contributed by atoms with Crippen LogP contribution in [0.3, 0.4) is 0 Å². The van der Waals surface area contributed by atoms with Crippen molar-refractivity contribution in [2.45, 2.75) is 32.7 Å². The first-order valence-electron chi connectivity index (χ1n) is 6.37. The molecule has 1 saturated heterocycles. The number of urea groups is 1. The first-order chi connectivity index (χ1) is 8.99. The van der Waals surface area contributed by atoms with Gasteiger partial charge in [0.25, 0.3) is 0 Å². The number of piperidine rings is 1. The van der Waals surface area contributed by atoms with Gasteiger partial charge in [-0.25, -0.2) is 9.59 Å². The SMILES string of the molecule is CC1CCN(C(=O)Nc2sccc2C(=O)O)C(C)C1. The summed E-state index contributed by atoms with van der Waals surface area (Å²) in [6.45, 7) is 4.94. The quantitative estimate of drug-likeness (QED) is 0.875. The molecule has 104 valence electrons. The van der Waals surface area contributed by atoms with Crippen LogP contribution in [0.1, 0.15) is 37.0 Å². The number of thiophene rings is 1. The van der Waals surface area contributed by atoms with Crippen molar-refractivity contribution in [2.75, 3.05) is 11.9 Å². The van der Waals surface area contributed by atoms with Crippen LogP contribution in [0.15, 0.2) is 11.4 Å². The van der Waals surface area contributed by atoms with Gasteiger partial charge >= 0.3 is 12.0 Å². The lowest BCUT2D eigenvalue weighted by molar-refractivity contribution is 0.0698. The Hall–Kier alpha value is -1.56. The second kappa shape index (κ2) is 5.61. The molecule has 2 unspecified atom stereocenters. The maximum absolute atomic E-state index is 12.2. The minimum Gasteiger partial charge on any atom is -0.478 e. The Balaban J connectivity index is 2.05. The highest BCUT2D eigenvalue weighted by Gasteiger charge is 2.27. The van der Waals surface area contributed by atoms with E-state index in [2.05, 4.69) is 12.2 Å². The smallest absolute Gasteiger partial charge is 0.338 e. The fourth-order valence-corrected chi connectivity index (χ4v) is 3.22. The van der Waals surface area contributed by atoms with E-state index in [4.69, 9.17) is 5.11 Å². The van der Waals surface area contributed by atoms with Gasteiger partial charge in [0.2, 0.25) is 0 Å². The summed E-state index contributed by atoms with van der Waals surface area (Å²) in [5, 5.41) is 13.8. The maximum Gasteiger partial charge on any atom is 0.338 e. The number of carboxylic acid groups (broad SMARTS) is 1. The van der Waals surface area contributed by atoms with E-state index < -0.39 is 5.97 Å². The van der Waals surface area contributed by atoms with E-state index in [0.717, 1.165) is 19.4 Å². The van der Waals surface area contributed by atoms with Gasteiger partial charge in [-0.05, 0) is 37.1 Å². The maximum atomic E-state index is 12.2. The van der Waals surface area contributed by atoms with Crippen LogP contribution in [-0.2, 0) is 0 Å². The molecule has 1 fully saturated rings. The molecule has 0 radical (unpaired) electrons. The van der Waals surface area contributed by atoms with E-state index in [0.29, 0.717) is 10.9 Å². The number of carbonyl (C=O) groups excluding carboxylic acids is 1. The summed E-state index contributed by atoms with van der Waals surface area (Å²) in [6, 6.07) is 1.49. The number of nitrogens with one attached hydrogen (secondary N) is 1. The third-order valence-electron chi connectivity index (χ3n) is 3.52. The lowest BCUT2D eigenvalue weighted by Crippen LogP contribution is -2.46. The lowest BCUT2D eigenvalue weighted by atomic mass is 9.94. The van der Waals surface area contributed by atoms with E-state index in [1.165, 1.54) is 17.4 Å². The lowest BCUT2D eigenvalue weighted by Gasteiger charge is -2.36. The van der Waals surface area contributed by atoms with Gasteiger partial charge in [-0.2, -0.15) is 0 Å². The number of hydrogen-bond donors (Lipinski definition) is 2. The first-order valence-corrected chi connectivity index (χ1v) is 7.25. The van der Waals surface area contributed by atoms with Crippen molar-refractivity contribution < 1.29 is 14.7 Å². The number of nitrogens with zero attached hydrogens (tertiary/aromatic N) is 1. The van der Waals surface area contributed by atoms with Crippen LogP contribution in [0.25, 0.3) is 0 Å². The molecule has 19 heavy (non-hydrogen) atoms. The Kier molecular flexibility index (Phi) is 4.09. The van der Waals surface area contributed by atoms with Crippen molar-refractivity contribution >= 4 is 28.3 Å². The van der Waals surface area contributed by atoms with E-state index >= 15 is 0 Å². The highest BCUT2D eigenvalue weighted by Crippen LogP contribution is 2.26. The zero-order chi connectivity index (χ0) is 14.0. The number of carboxylic acids is 1. The van der Waals surface area contributed by atoms with Crippen LogP contribution in [0.5, 0.6) is 0 Å². The van der Waals surface area contributed by atoms with Crippen molar-refractivity contribution in [2.24, 2.45) is 5.92 Å². The average molecular weight is 282 g/mol. The number of amides is 2. The largest absolute Gasteiger partial charge is 0.478 e. The third-order valence-corrected chi connectivity index (χ3v) is 4.35. The number of hydrogen-bond acceptors (Lipinski definition) is 3. The molecule has 1 aromatic heterocycles. The van der Waals surface area contributed by atoms with Crippen molar-refractivity contribution in [3.8, 4) is 0 Å². The number of rotatable bonds is 2. The molecular weight excluding hydrogens is 264 g/mol. The molecule has 2 N–H and O–H groups in total. The van der Waals surface area contributed by atoms with Gasteiger partial charge in [-0.15, -0.1) is 11.3 Å². The molecular formula is C13H18N2O3S. The summed E-state index contributed by atoms with van der Waals surface area (Å²) in [5.41, 5.74) is 0.149. The summed E-state index contributed by atoms with van der Waals surface area (Å²) >= 11 is 1.23. The molecule has 6 heteroatoms. The Morgan fingerprint density at radius 2 is 2.21 bits per heavy atom. The van der Waals surface area contributed by atoms with Crippen LogP contribution in [0.4, 0.5) is 9.80 Å². The Morgan fingerprint density at radius 1 is 1.47 bits per heavy atom. The molecule has 5 nitrogen and oxygen atoms in total. The number of likely N-dealkylation sites (tertiary alicyclic amines) is 1. The first kappa shape index (κ1) is 13.9. The molecule has 0 spiro atoms. The summed E-state index contributed by atoms with van der Waals surface area (Å²) < 4.78 is 0. The molecule has 1 aromatic rings. The fourth-order valence-electron chi connectivity index (χ4n) is 2.45. The van der Waals surface area contributed by atoms with Crippen LogP contribution < -0.4 is 5.32 Å². The van der Waals surface area contributed by atoms with Gasteiger partial charge in [0, 0.05) is 12.6 Å².